The molecule has 1 unspecified atom stereocenters. The van der Waals surface area contributed by atoms with Gasteiger partial charge in [-0.05, 0) is 13.3 Å². The van der Waals surface area contributed by atoms with Crippen LogP contribution in [0.4, 0.5) is 13.2 Å². The Morgan fingerprint density at radius 2 is 2.00 bits per heavy atom. The third kappa shape index (κ3) is 3.61. The van der Waals surface area contributed by atoms with Crippen molar-refractivity contribution in [3.63, 3.8) is 0 Å². The van der Waals surface area contributed by atoms with Gasteiger partial charge in [0.25, 0.3) is 0 Å². The summed E-state index contributed by atoms with van der Waals surface area (Å²) in [6, 6.07) is 0. The second-order valence-corrected chi connectivity index (χ2v) is 4.73. The molecule has 1 aliphatic rings. The molecular weight excluding hydrogens is 251 g/mol. The molecule has 0 radical (unpaired) electrons. The molecular formula is C11H16F3NO3. The number of hydrogen-bond acceptors (Lipinski definition) is 3. The van der Waals surface area contributed by atoms with Gasteiger partial charge in [0, 0.05) is 19.5 Å². The highest BCUT2D eigenvalue weighted by Crippen LogP contribution is 2.32. The average Bonchev–Trinajstić information content (AvgIpc) is 2.68. The molecule has 18 heavy (non-hydrogen) atoms. The van der Waals surface area contributed by atoms with Crippen LogP contribution in [-0.2, 0) is 14.3 Å². The summed E-state index contributed by atoms with van der Waals surface area (Å²) >= 11 is 0. The number of esters is 1. The SMILES string of the molecule is COC(=O)C1(C)CCN(C(=O)CCC(F)(F)F)C1. The van der Waals surface area contributed by atoms with E-state index in [1.165, 1.54) is 12.0 Å². The summed E-state index contributed by atoms with van der Waals surface area (Å²) in [5.41, 5.74) is -0.803. The number of alkyl halides is 3. The standard InChI is InChI=1S/C11H16F3NO3/c1-10(9(17)18-2)5-6-15(7-10)8(16)3-4-11(12,13)14/h3-7H2,1-2H3. The zero-order chi connectivity index (χ0) is 14.0. The van der Waals surface area contributed by atoms with E-state index >= 15 is 0 Å². The number of methoxy groups -OCH3 is 1. The van der Waals surface area contributed by atoms with Crippen molar-refractivity contribution in [2.75, 3.05) is 20.2 Å². The van der Waals surface area contributed by atoms with Crippen molar-refractivity contribution in [2.24, 2.45) is 5.41 Å². The van der Waals surface area contributed by atoms with Crippen molar-refractivity contribution in [1.82, 2.24) is 4.90 Å². The van der Waals surface area contributed by atoms with E-state index in [2.05, 4.69) is 4.74 Å². The molecule has 0 aromatic heterocycles. The van der Waals surface area contributed by atoms with Crippen molar-refractivity contribution in [3.8, 4) is 0 Å². The molecule has 4 nitrogen and oxygen atoms in total. The summed E-state index contributed by atoms with van der Waals surface area (Å²) < 4.78 is 40.6. The Hall–Kier alpha value is -1.27. The fourth-order valence-electron chi connectivity index (χ4n) is 1.99. The van der Waals surface area contributed by atoms with Crippen LogP contribution < -0.4 is 0 Å². The normalized spacial score (nSPS) is 24.2. The molecule has 1 amide bonds. The molecule has 0 spiro atoms. The lowest BCUT2D eigenvalue weighted by atomic mass is 9.90. The van der Waals surface area contributed by atoms with Gasteiger partial charge in [-0.25, -0.2) is 0 Å². The van der Waals surface area contributed by atoms with Crippen molar-refractivity contribution in [3.05, 3.63) is 0 Å². The largest absolute Gasteiger partial charge is 0.469 e. The van der Waals surface area contributed by atoms with E-state index in [4.69, 9.17) is 0 Å². The van der Waals surface area contributed by atoms with E-state index in [0.717, 1.165) is 0 Å². The number of nitrogens with zero attached hydrogens (tertiary/aromatic N) is 1. The fraction of sp³-hybridized carbons (Fsp3) is 0.818. The van der Waals surface area contributed by atoms with Gasteiger partial charge in [-0.15, -0.1) is 0 Å². The summed E-state index contributed by atoms with van der Waals surface area (Å²) in [6.45, 7) is 2.06. The minimum absolute atomic E-state index is 0.121. The minimum Gasteiger partial charge on any atom is -0.469 e. The van der Waals surface area contributed by atoms with Gasteiger partial charge in [0.15, 0.2) is 0 Å². The lowest BCUT2D eigenvalue weighted by Crippen LogP contribution is -2.35. The number of likely N-dealkylation sites (tertiary alicyclic amines) is 1. The molecule has 0 aromatic rings. The van der Waals surface area contributed by atoms with Gasteiger partial charge in [-0.3, -0.25) is 9.59 Å². The van der Waals surface area contributed by atoms with Gasteiger partial charge in [-0.1, -0.05) is 0 Å². The molecule has 1 heterocycles. The molecule has 7 heteroatoms. The number of hydrogen-bond donors (Lipinski definition) is 0. The average molecular weight is 267 g/mol. The zero-order valence-corrected chi connectivity index (χ0v) is 10.3. The molecule has 0 aliphatic carbocycles. The van der Waals surface area contributed by atoms with Crippen LogP contribution in [0.3, 0.4) is 0 Å². The van der Waals surface area contributed by atoms with Gasteiger partial charge in [0.2, 0.25) is 5.91 Å². The molecule has 0 bridgehead atoms. The highest BCUT2D eigenvalue weighted by molar-refractivity contribution is 5.81. The predicted molar refractivity (Wildman–Crippen MR) is 56.6 cm³/mol. The van der Waals surface area contributed by atoms with Crippen LogP contribution in [0.5, 0.6) is 0 Å². The van der Waals surface area contributed by atoms with Crippen LogP contribution >= 0.6 is 0 Å². The van der Waals surface area contributed by atoms with Crippen LogP contribution in [0, 0.1) is 5.41 Å². The van der Waals surface area contributed by atoms with Crippen molar-refractivity contribution in [2.45, 2.75) is 32.4 Å². The van der Waals surface area contributed by atoms with E-state index in [0.29, 0.717) is 13.0 Å². The topological polar surface area (TPSA) is 46.6 Å². The quantitative estimate of drug-likeness (QED) is 0.732. The highest BCUT2D eigenvalue weighted by Gasteiger charge is 2.43. The number of amides is 1. The van der Waals surface area contributed by atoms with Crippen LogP contribution in [-0.4, -0.2) is 43.2 Å². The fourth-order valence-corrected chi connectivity index (χ4v) is 1.99. The molecule has 0 N–H and O–H groups in total. The van der Waals surface area contributed by atoms with Gasteiger partial charge in [0.1, 0.15) is 0 Å². The first-order valence-corrected chi connectivity index (χ1v) is 5.61. The Balaban J connectivity index is 2.51. The Labute approximate surface area is 103 Å². The first-order valence-electron chi connectivity index (χ1n) is 5.61. The zero-order valence-electron chi connectivity index (χ0n) is 10.3. The Bertz CT molecular complexity index is 343. The second kappa shape index (κ2) is 5.16. The first kappa shape index (κ1) is 14.8. The third-order valence-electron chi connectivity index (χ3n) is 3.13. The summed E-state index contributed by atoms with van der Waals surface area (Å²) in [7, 11) is 1.25. The maximum absolute atomic E-state index is 12.0. The number of halogens is 3. The number of ether oxygens (including phenoxy) is 1. The predicted octanol–water partition coefficient (Wildman–Crippen LogP) is 1.74. The monoisotopic (exact) mass is 267 g/mol. The van der Waals surface area contributed by atoms with Crippen molar-refractivity contribution >= 4 is 11.9 Å². The van der Waals surface area contributed by atoms with Crippen LogP contribution in [0.1, 0.15) is 26.2 Å². The van der Waals surface area contributed by atoms with Gasteiger partial charge < -0.3 is 9.64 Å². The summed E-state index contributed by atoms with van der Waals surface area (Å²) in [6.07, 6.45) is -5.61. The van der Waals surface area contributed by atoms with Crippen LogP contribution in [0.25, 0.3) is 0 Å². The maximum atomic E-state index is 12.0. The first-order chi connectivity index (χ1) is 8.18. The molecule has 1 aliphatic heterocycles. The van der Waals surface area contributed by atoms with E-state index in [-0.39, 0.29) is 6.54 Å². The molecule has 1 atom stereocenters. The van der Waals surface area contributed by atoms with E-state index in [9.17, 15) is 22.8 Å². The summed E-state index contributed by atoms with van der Waals surface area (Å²) in [5.74, 6) is -1.01. The number of rotatable bonds is 3. The summed E-state index contributed by atoms with van der Waals surface area (Å²) in [5, 5.41) is 0. The molecule has 0 saturated carbocycles. The van der Waals surface area contributed by atoms with Crippen LogP contribution in [0.15, 0.2) is 0 Å². The molecule has 0 aromatic carbocycles. The van der Waals surface area contributed by atoms with Crippen molar-refractivity contribution < 1.29 is 27.5 Å². The summed E-state index contributed by atoms with van der Waals surface area (Å²) in [4.78, 5) is 24.3. The lowest BCUT2D eigenvalue weighted by molar-refractivity contribution is -0.153. The Morgan fingerprint density at radius 1 is 1.39 bits per heavy atom. The van der Waals surface area contributed by atoms with Crippen molar-refractivity contribution in [1.29, 1.82) is 0 Å². The Kier molecular flexibility index (Phi) is 4.24. The molecule has 1 fully saturated rings. The van der Waals surface area contributed by atoms with E-state index in [1.54, 1.807) is 6.92 Å². The maximum Gasteiger partial charge on any atom is 0.389 e. The number of carbonyl (C=O) groups is 2. The lowest BCUT2D eigenvalue weighted by Gasteiger charge is -2.22. The number of carbonyl (C=O) groups excluding carboxylic acids is 2. The van der Waals surface area contributed by atoms with E-state index < -0.39 is 36.3 Å². The highest BCUT2D eigenvalue weighted by atomic mass is 19.4. The van der Waals surface area contributed by atoms with E-state index in [1.807, 2.05) is 0 Å². The Morgan fingerprint density at radius 3 is 2.50 bits per heavy atom. The molecule has 104 valence electrons. The second-order valence-electron chi connectivity index (χ2n) is 4.73. The van der Waals surface area contributed by atoms with Gasteiger partial charge >= 0.3 is 12.1 Å². The smallest absolute Gasteiger partial charge is 0.389 e. The third-order valence-corrected chi connectivity index (χ3v) is 3.13. The van der Waals surface area contributed by atoms with Gasteiger partial charge in [0.05, 0.1) is 18.9 Å². The molecule has 1 saturated heterocycles. The van der Waals surface area contributed by atoms with Crippen LogP contribution in [0.2, 0.25) is 0 Å². The van der Waals surface area contributed by atoms with Gasteiger partial charge in [-0.2, -0.15) is 13.2 Å². The minimum atomic E-state index is -4.33. The molecule has 1 rings (SSSR count).